The molecule has 4 nitrogen and oxygen atoms in total. The Morgan fingerprint density at radius 3 is 2.44 bits per heavy atom. The summed E-state index contributed by atoms with van der Waals surface area (Å²) in [6, 6.07) is 0. The smallest absolute Gasteiger partial charge is 0.161 e. The highest BCUT2D eigenvalue weighted by Crippen LogP contribution is 2.67. The van der Waals surface area contributed by atoms with E-state index in [-0.39, 0.29) is 40.3 Å². The molecule has 4 fully saturated rings. The zero-order chi connectivity index (χ0) is 18.2. The SMILES string of the molecule is CC(=O)[C@]1(O)CC[C@@H]2[C@@H]3CC[C@]4(C)C[C@H](O)CC[C@]4(C)[C@H]3C(=O)C[C@@H]21. The van der Waals surface area contributed by atoms with Crippen molar-refractivity contribution in [3.05, 3.63) is 0 Å². The topological polar surface area (TPSA) is 74.6 Å². The van der Waals surface area contributed by atoms with Crippen LogP contribution in [0.15, 0.2) is 0 Å². The second-order valence-corrected chi connectivity index (χ2v) is 10.0. The lowest BCUT2D eigenvalue weighted by Crippen LogP contribution is -2.61. The number of fused-ring (bicyclic) bond motifs is 5. The van der Waals surface area contributed by atoms with E-state index >= 15 is 0 Å². The van der Waals surface area contributed by atoms with Crippen molar-refractivity contribution in [3.8, 4) is 0 Å². The fourth-order valence-electron chi connectivity index (χ4n) is 7.46. The van der Waals surface area contributed by atoms with Gasteiger partial charge in [0, 0.05) is 18.3 Å². The summed E-state index contributed by atoms with van der Waals surface area (Å²) in [4.78, 5) is 25.4. The molecule has 4 aliphatic rings. The van der Waals surface area contributed by atoms with Gasteiger partial charge >= 0.3 is 0 Å². The van der Waals surface area contributed by atoms with Gasteiger partial charge in [0.05, 0.1) is 6.10 Å². The molecule has 0 aromatic carbocycles. The van der Waals surface area contributed by atoms with Gasteiger partial charge in [0.2, 0.25) is 0 Å². The Labute approximate surface area is 150 Å². The van der Waals surface area contributed by atoms with Crippen LogP contribution in [0.5, 0.6) is 0 Å². The molecule has 0 unspecified atom stereocenters. The summed E-state index contributed by atoms with van der Waals surface area (Å²) in [5.41, 5.74) is -1.33. The number of rotatable bonds is 1. The van der Waals surface area contributed by atoms with Crippen LogP contribution in [-0.4, -0.2) is 33.5 Å². The summed E-state index contributed by atoms with van der Waals surface area (Å²) in [5.74, 6) is 0.546. The van der Waals surface area contributed by atoms with Gasteiger partial charge in [0.15, 0.2) is 5.78 Å². The predicted molar refractivity (Wildman–Crippen MR) is 93.8 cm³/mol. The monoisotopic (exact) mass is 348 g/mol. The van der Waals surface area contributed by atoms with Crippen LogP contribution >= 0.6 is 0 Å². The van der Waals surface area contributed by atoms with Gasteiger partial charge in [-0.3, -0.25) is 9.59 Å². The van der Waals surface area contributed by atoms with Crippen molar-refractivity contribution in [2.75, 3.05) is 0 Å². The summed E-state index contributed by atoms with van der Waals surface area (Å²) < 4.78 is 0. The minimum atomic E-state index is -1.28. The molecule has 4 aliphatic carbocycles. The van der Waals surface area contributed by atoms with Crippen LogP contribution in [0.1, 0.15) is 72.1 Å². The molecule has 0 aromatic rings. The number of hydrogen-bond acceptors (Lipinski definition) is 4. The van der Waals surface area contributed by atoms with Crippen LogP contribution < -0.4 is 0 Å². The zero-order valence-electron chi connectivity index (χ0n) is 15.8. The number of aliphatic hydroxyl groups is 2. The maximum atomic E-state index is 13.3. The van der Waals surface area contributed by atoms with Crippen LogP contribution in [0.2, 0.25) is 0 Å². The van der Waals surface area contributed by atoms with Gasteiger partial charge in [0.1, 0.15) is 11.4 Å². The first-order chi connectivity index (χ1) is 11.6. The van der Waals surface area contributed by atoms with Crippen LogP contribution in [-0.2, 0) is 9.59 Å². The predicted octanol–water partition coefficient (Wildman–Crippen LogP) is 2.89. The van der Waals surface area contributed by atoms with Gasteiger partial charge in [0.25, 0.3) is 0 Å². The Morgan fingerprint density at radius 1 is 1.08 bits per heavy atom. The van der Waals surface area contributed by atoms with Gasteiger partial charge in [-0.2, -0.15) is 0 Å². The Kier molecular flexibility index (Phi) is 3.81. The van der Waals surface area contributed by atoms with Gasteiger partial charge in [-0.05, 0) is 74.5 Å². The summed E-state index contributed by atoms with van der Waals surface area (Å²) in [7, 11) is 0. The molecule has 4 saturated carbocycles. The third-order valence-corrected chi connectivity index (χ3v) is 9.12. The summed E-state index contributed by atoms with van der Waals surface area (Å²) >= 11 is 0. The average Bonchev–Trinajstić information content (AvgIpc) is 2.87. The van der Waals surface area contributed by atoms with Gasteiger partial charge in [-0.1, -0.05) is 13.8 Å². The van der Waals surface area contributed by atoms with E-state index in [1.54, 1.807) is 0 Å². The lowest BCUT2D eigenvalue weighted by molar-refractivity contribution is -0.178. The summed E-state index contributed by atoms with van der Waals surface area (Å²) in [6.45, 7) is 6.02. The van der Waals surface area contributed by atoms with E-state index < -0.39 is 5.60 Å². The molecule has 4 rings (SSSR count). The maximum absolute atomic E-state index is 13.3. The second kappa shape index (κ2) is 5.39. The lowest BCUT2D eigenvalue weighted by atomic mass is 9.41. The molecule has 0 saturated heterocycles. The molecule has 0 heterocycles. The molecule has 4 heteroatoms. The van der Waals surface area contributed by atoms with E-state index in [1.807, 2.05) is 0 Å². The number of Topliss-reactive ketones (excluding diaryl/α,β-unsaturated/α-hetero) is 2. The van der Waals surface area contributed by atoms with Crippen LogP contribution in [0.25, 0.3) is 0 Å². The first-order valence-corrected chi connectivity index (χ1v) is 10.1. The average molecular weight is 348 g/mol. The first-order valence-electron chi connectivity index (χ1n) is 10.1. The van der Waals surface area contributed by atoms with Crippen LogP contribution in [0.3, 0.4) is 0 Å². The van der Waals surface area contributed by atoms with Gasteiger partial charge in [-0.25, -0.2) is 0 Å². The highest BCUT2D eigenvalue weighted by molar-refractivity contribution is 5.89. The molecular weight excluding hydrogens is 316 g/mol. The van der Waals surface area contributed by atoms with E-state index in [2.05, 4.69) is 13.8 Å². The van der Waals surface area contributed by atoms with Gasteiger partial charge in [-0.15, -0.1) is 0 Å². The van der Waals surface area contributed by atoms with Crippen LogP contribution in [0.4, 0.5) is 0 Å². The van der Waals surface area contributed by atoms with E-state index in [4.69, 9.17) is 0 Å². The fraction of sp³-hybridized carbons (Fsp3) is 0.905. The van der Waals surface area contributed by atoms with Crippen molar-refractivity contribution < 1.29 is 19.8 Å². The molecule has 0 aromatic heterocycles. The summed E-state index contributed by atoms with van der Waals surface area (Å²) in [5, 5.41) is 21.1. The minimum Gasteiger partial charge on any atom is -0.393 e. The Balaban J connectivity index is 1.70. The van der Waals surface area contributed by atoms with Crippen molar-refractivity contribution in [3.63, 3.8) is 0 Å². The largest absolute Gasteiger partial charge is 0.393 e. The van der Waals surface area contributed by atoms with Crippen LogP contribution in [0, 0.1) is 34.5 Å². The molecule has 0 spiro atoms. The molecule has 8 atom stereocenters. The highest BCUT2D eigenvalue weighted by Gasteiger charge is 2.65. The molecule has 0 bridgehead atoms. The first kappa shape index (κ1) is 17.7. The van der Waals surface area contributed by atoms with E-state index in [9.17, 15) is 19.8 Å². The number of aliphatic hydroxyl groups excluding tert-OH is 1. The summed E-state index contributed by atoms with van der Waals surface area (Å²) in [6.07, 6.45) is 6.02. The third kappa shape index (κ3) is 2.19. The number of carbonyl (C=O) groups excluding carboxylic acids is 2. The Hall–Kier alpha value is -0.740. The van der Waals surface area contributed by atoms with Crippen molar-refractivity contribution in [1.29, 1.82) is 0 Å². The van der Waals surface area contributed by atoms with Crippen molar-refractivity contribution in [1.82, 2.24) is 0 Å². The second-order valence-electron chi connectivity index (χ2n) is 10.0. The molecule has 140 valence electrons. The normalized spacial score (nSPS) is 55.2. The number of carbonyl (C=O) groups is 2. The number of ketones is 2. The minimum absolute atomic E-state index is 0.0177. The molecule has 0 radical (unpaired) electrons. The highest BCUT2D eigenvalue weighted by atomic mass is 16.3. The molecule has 2 N–H and O–H groups in total. The fourth-order valence-corrected chi connectivity index (χ4v) is 7.46. The molecule has 0 amide bonds. The van der Waals surface area contributed by atoms with Crippen molar-refractivity contribution in [2.45, 2.75) is 83.8 Å². The molecule has 0 aliphatic heterocycles. The Morgan fingerprint density at radius 2 is 1.76 bits per heavy atom. The maximum Gasteiger partial charge on any atom is 0.161 e. The quantitative estimate of drug-likeness (QED) is 0.764. The van der Waals surface area contributed by atoms with Crippen molar-refractivity contribution in [2.24, 2.45) is 34.5 Å². The zero-order valence-corrected chi connectivity index (χ0v) is 15.8. The molecular formula is C21H32O4. The molecule has 25 heavy (non-hydrogen) atoms. The Bertz CT molecular complexity index is 615. The van der Waals surface area contributed by atoms with E-state index in [0.29, 0.717) is 24.7 Å². The van der Waals surface area contributed by atoms with Gasteiger partial charge < -0.3 is 10.2 Å². The van der Waals surface area contributed by atoms with E-state index in [1.165, 1.54) is 6.92 Å². The third-order valence-electron chi connectivity index (χ3n) is 9.12. The lowest BCUT2D eigenvalue weighted by Gasteiger charge is -2.63. The standard InChI is InChI=1S/C21H32O4/c1-12(22)21(25)9-6-14-15-5-7-19(2)11-13(23)4-8-20(19,3)18(15)17(24)10-16(14)21/h13-16,18,23,25H,4-11H2,1-3H3/t13-,14-,15+,16+,18-,19-,20-,21-/m1/s1. The van der Waals surface area contributed by atoms with Crippen molar-refractivity contribution >= 4 is 11.6 Å². The van der Waals surface area contributed by atoms with E-state index in [0.717, 1.165) is 38.5 Å². The number of hydrogen-bond donors (Lipinski definition) is 2.